The van der Waals surface area contributed by atoms with Crippen LogP contribution in [0.25, 0.3) is 0 Å². The van der Waals surface area contributed by atoms with Gasteiger partial charge in [-0.2, -0.15) is 0 Å². The lowest BCUT2D eigenvalue weighted by Crippen LogP contribution is -2.34. The van der Waals surface area contributed by atoms with E-state index in [1.807, 2.05) is 38.1 Å². The van der Waals surface area contributed by atoms with Gasteiger partial charge in [-0.3, -0.25) is 19.3 Å². The number of anilines is 1. The van der Waals surface area contributed by atoms with Crippen LogP contribution in [0.2, 0.25) is 0 Å². The second-order valence-corrected chi connectivity index (χ2v) is 7.23. The number of imide groups is 1. The minimum absolute atomic E-state index is 0.0888. The smallest absolute Gasteiger partial charge is 0.233 e. The maximum Gasteiger partial charge on any atom is 0.233 e. The van der Waals surface area contributed by atoms with E-state index in [0.717, 1.165) is 16.8 Å². The van der Waals surface area contributed by atoms with Crippen LogP contribution in [-0.4, -0.2) is 29.2 Å². The number of carbonyl (C=O) groups excluding carboxylic acids is 3. The van der Waals surface area contributed by atoms with Gasteiger partial charge in [0, 0.05) is 23.7 Å². The molecule has 1 N–H and O–H groups in total. The Kier molecular flexibility index (Phi) is 4.95. The van der Waals surface area contributed by atoms with Crippen LogP contribution in [-0.2, 0) is 14.4 Å². The van der Waals surface area contributed by atoms with E-state index >= 15 is 0 Å². The minimum atomic E-state index is -0.368. The lowest BCUT2D eigenvalue weighted by atomic mass is 9.85. The Morgan fingerprint density at radius 1 is 1.24 bits per heavy atom. The van der Waals surface area contributed by atoms with E-state index in [-0.39, 0.29) is 42.5 Å². The Balaban J connectivity index is 1.60. The van der Waals surface area contributed by atoms with E-state index in [4.69, 9.17) is 11.6 Å². The van der Waals surface area contributed by atoms with Crippen LogP contribution in [0.3, 0.4) is 0 Å². The average molecular weight is 361 g/mol. The molecular weight excluding hydrogens is 340 g/mol. The molecular formula is C19H21ClN2O3. The first-order chi connectivity index (χ1) is 11.9. The second kappa shape index (κ2) is 7.00. The summed E-state index contributed by atoms with van der Waals surface area (Å²) in [7, 11) is 0. The number of nitrogens with one attached hydrogen (secondary N) is 1. The van der Waals surface area contributed by atoms with Crippen molar-refractivity contribution in [2.45, 2.75) is 33.1 Å². The molecule has 25 heavy (non-hydrogen) atoms. The van der Waals surface area contributed by atoms with Gasteiger partial charge < -0.3 is 5.32 Å². The third-order valence-electron chi connectivity index (χ3n) is 4.89. The number of likely N-dealkylation sites (tertiary alicyclic amines) is 1. The van der Waals surface area contributed by atoms with Gasteiger partial charge >= 0.3 is 0 Å². The van der Waals surface area contributed by atoms with Crippen molar-refractivity contribution in [3.05, 3.63) is 40.4 Å². The third-order valence-corrected chi connectivity index (χ3v) is 5.20. The molecule has 0 saturated carbocycles. The summed E-state index contributed by atoms with van der Waals surface area (Å²) in [5.41, 5.74) is 2.78. The van der Waals surface area contributed by atoms with E-state index < -0.39 is 0 Å². The van der Waals surface area contributed by atoms with Crippen LogP contribution in [0.15, 0.2) is 29.3 Å². The number of halogens is 1. The number of allylic oxidation sites excluding steroid dienone is 2. The van der Waals surface area contributed by atoms with Crippen LogP contribution in [0.1, 0.15) is 30.4 Å². The normalized spacial score (nSPS) is 22.7. The minimum Gasteiger partial charge on any atom is -0.326 e. The van der Waals surface area contributed by atoms with Gasteiger partial charge in [-0.1, -0.05) is 29.8 Å². The fraction of sp³-hybridized carbons (Fsp3) is 0.421. The molecule has 0 bridgehead atoms. The Bertz CT molecular complexity index is 772. The summed E-state index contributed by atoms with van der Waals surface area (Å²) in [6.07, 6.45) is 2.82. The Morgan fingerprint density at radius 2 is 1.96 bits per heavy atom. The molecule has 2 atom stereocenters. The summed E-state index contributed by atoms with van der Waals surface area (Å²) < 4.78 is 0. The molecule has 0 spiro atoms. The van der Waals surface area contributed by atoms with Crippen LogP contribution >= 0.6 is 11.6 Å². The molecule has 1 aliphatic heterocycles. The summed E-state index contributed by atoms with van der Waals surface area (Å²) in [6, 6.07) is 5.83. The zero-order valence-corrected chi connectivity index (χ0v) is 15.1. The summed E-state index contributed by atoms with van der Waals surface area (Å²) in [5, 5.41) is 3.49. The maximum atomic E-state index is 12.5. The van der Waals surface area contributed by atoms with E-state index in [2.05, 4.69) is 5.32 Å². The van der Waals surface area contributed by atoms with Crippen LogP contribution < -0.4 is 5.32 Å². The quantitative estimate of drug-likeness (QED) is 0.839. The molecule has 6 heteroatoms. The number of carbonyl (C=O) groups is 3. The lowest BCUT2D eigenvalue weighted by molar-refractivity contribution is -0.140. The van der Waals surface area contributed by atoms with Crippen LogP contribution in [0.4, 0.5) is 5.69 Å². The van der Waals surface area contributed by atoms with Crippen molar-refractivity contribution >= 4 is 35.0 Å². The van der Waals surface area contributed by atoms with Gasteiger partial charge in [0.2, 0.25) is 17.7 Å². The van der Waals surface area contributed by atoms with Crippen LogP contribution in [0.5, 0.6) is 0 Å². The highest BCUT2D eigenvalue weighted by Crippen LogP contribution is 2.38. The van der Waals surface area contributed by atoms with Crippen molar-refractivity contribution in [2.24, 2.45) is 11.8 Å². The molecule has 132 valence electrons. The van der Waals surface area contributed by atoms with Crippen LogP contribution in [0, 0.1) is 25.7 Å². The summed E-state index contributed by atoms with van der Waals surface area (Å²) in [4.78, 5) is 38.3. The zero-order chi connectivity index (χ0) is 18.1. The molecule has 1 aromatic carbocycles. The predicted molar refractivity (Wildman–Crippen MR) is 96.0 cm³/mol. The topological polar surface area (TPSA) is 66.5 Å². The number of hydrogen-bond acceptors (Lipinski definition) is 3. The van der Waals surface area contributed by atoms with Crippen molar-refractivity contribution in [2.75, 3.05) is 11.9 Å². The van der Waals surface area contributed by atoms with Gasteiger partial charge in [0.05, 0.1) is 11.8 Å². The summed E-state index contributed by atoms with van der Waals surface area (Å²) in [5.74, 6) is -1.29. The highest BCUT2D eigenvalue weighted by atomic mass is 35.5. The third kappa shape index (κ3) is 3.61. The fourth-order valence-electron chi connectivity index (χ4n) is 3.41. The van der Waals surface area contributed by atoms with Crippen molar-refractivity contribution in [1.82, 2.24) is 4.90 Å². The molecule has 0 radical (unpaired) electrons. The molecule has 3 amide bonds. The van der Waals surface area contributed by atoms with Gasteiger partial charge in [0.25, 0.3) is 0 Å². The van der Waals surface area contributed by atoms with Gasteiger partial charge in [-0.25, -0.2) is 0 Å². The molecule has 0 unspecified atom stereocenters. The van der Waals surface area contributed by atoms with Crippen molar-refractivity contribution in [3.63, 3.8) is 0 Å². The second-order valence-electron chi connectivity index (χ2n) is 6.75. The highest BCUT2D eigenvalue weighted by molar-refractivity contribution is 6.30. The number of hydrogen-bond donors (Lipinski definition) is 1. The maximum absolute atomic E-state index is 12.5. The van der Waals surface area contributed by atoms with Gasteiger partial charge in [0.1, 0.15) is 0 Å². The first-order valence-electron chi connectivity index (χ1n) is 8.43. The number of amides is 3. The Labute approximate surface area is 152 Å². The first kappa shape index (κ1) is 17.7. The Hall–Kier alpha value is -2.14. The molecule has 1 aromatic rings. The van der Waals surface area contributed by atoms with Crippen molar-refractivity contribution in [1.29, 1.82) is 0 Å². The SMILES string of the molecule is Cc1ccc(C)c(NC(=O)CCN2C(=O)[C@@H]3CC=C(Cl)C[C@H]3C2=O)c1. The van der Waals surface area contributed by atoms with Gasteiger partial charge in [-0.05, 0) is 43.9 Å². The van der Waals surface area contributed by atoms with Gasteiger partial charge in [-0.15, -0.1) is 0 Å². The number of nitrogens with zero attached hydrogens (tertiary/aromatic N) is 1. The molecule has 1 heterocycles. The predicted octanol–water partition coefficient (Wildman–Crippen LogP) is 3.15. The van der Waals surface area contributed by atoms with Crippen molar-refractivity contribution < 1.29 is 14.4 Å². The highest BCUT2D eigenvalue weighted by Gasteiger charge is 2.48. The zero-order valence-electron chi connectivity index (χ0n) is 14.3. The van der Waals surface area contributed by atoms with E-state index in [0.29, 0.717) is 17.9 Å². The summed E-state index contributed by atoms with van der Waals surface area (Å²) in [6.45, 7) is 3.99. The molecule has 1 fully saturated rings. The van der Waals surface area contributed by atoms with Crippen molar-refractivity contribution in [3.8, 4) is 0 Å². The monoisotopic (exact) mass is 360 g/mol. The molecule has 1 aliphatic carbocycles. The Morgan fingerprint density at radius 3 is 2.72 bits per heavy atom. The van der Waals surface area contributed by atoms with E-state index in [9.17, 15) is 14.4 Å². The standard InChI is InChI=1S/C19H21ClN2O3/c1-11-3-4-12(2)16(9-11)21-17(23)7-8-22-18(24)14-6-5-13(20)10-15(14)19(22)25/h3-5,9,14-15H,6-8,10H2,1-2H3,(H,21,23)/t14-,15-/m1/s1. The first-order valence-corrected chi connectivity index (χ1v) is 8.81. The fourth-order valence-corrected chi connectivity index (χ4v) is 3.67. The molecule has 2 aliphatic rings. The number of aryl methyl sites for hydroxylation is 2. The number of fused-ring (bicyclic) bond motifs is 1. The molecule has 1 saturated heterocycles. The van der Waals surface area contributed by atoms with E-state index in [1.54, 1.807) is 0 Å². The molecule has 0 aromatic heterocycles. The largest absolute Gasteiger partial charge is 0.326 e. The number of benzene rings is 1. The number of rotatable bonds is 4. The van der Waals surface area contributed by atoms with Gasteiger partial charge in [0.15, 0.2) is 0 Å². The van der Waals surface area contributed by atoms with E-state index in [1.165, 1.54) is 4.90 Å². The summed E-state index contributed by atoms with van der Waals surface area (Å²) >= 11 is 6.00. The molecule has 5 nitrogen and oxygen atoms in total. The average Bonchev–Trinajstić information content (AvgIpc) is 2.80. The molecule has 3 rings (SSSR count). The lowest BCUT2D eigenvalue weighted by Gasteiger charge is -2.17.